The van der Waals surface area contributed by atoms with Gasteiger partial charge in [-0.25, -0.2) is 13.1 Å². The zero-order valence-electron chi connectivity index (χ0n) is 13.2. The van der Waals surface area contributed by atoms with Gasteiger partial charge in [-0.2, -0.15) is 0 Å². The Morgan fingerprint density at radius 3 is 2.57 bits per heavy atom. The zero-order valence-corrected chi connectivity index (χ0v) is 14.0. The molecule has 1 aromatic rings. The van der Waals surface area contributed by atoms with Gasteiger partial charge in [0.15, 0.2) is 0 Å². The fourth-order valence-electron chi connectivity index (χ4n) is 2.17. The molecule has 0 aliphatic heterocycles. The van der Waals surface area contributed by atoms with Crippen molar-refractivity contribution in [3.63, 3.8) is 0 Å². The van der Waals surface area contributed by atoms with E-state index < -0.39 is 10.0 Å². The summed E-state index contributed by atoms with van der Waals surface area (Å²) in [4.78, 5) is 0.289. The van der Waals surface area contributed by atoms with Gasteiger partial charge in [0.1, 0.15) is 0 Å². The monoisotopic (exact) mass is 314 g/mol. The van der Waals surface area contributed by atoms with Crippen LogP contribution in [0.1, 0.15) is 38.8 Å². The molecule has 0 amide bonds. The van der Waals surface area contributed by atoms with Crippen LogP contribution in [0.2, 0.25) is 0 Å². The molecule has 2 atom stereocenters. The average Bonchev–Trinajstić information content (AvgIpc) is 2.46. The molecule has 0 radical (unpaired) electrons. The molecular weight excluding hydrogens is 288 g/mol. The van der Waals surface area contributed by atoms with Gasteiger partial charge in [-0.05, 0) is 45.0 Å². The third kappa shape index (κ3) is 5.39. The predicted molar refractivity (Wildman–Crippen MR) is 84.8 cm³/mol. The Morgan fingerprint density at radius 1 is 1.29 bits per heavy atom. The number of hydrogen-bond donors (Lipinski definition) is 2. The van der Waals surface area contributed by atoms with E-state index in [1.54, 1.807) is 25.1 Å². The van der Waals surface area contributed by atoms with Gasteiger partial charge in [0, 0.05) is 18.7 Å². The summed E-state index contributed by atoms with van der Waals surface area (Å²) in [6.45, 7) is 6.67. The highest BCUT2D eigenvalue weighted by atomic mass is 32.2. The highest BCUT2D eigenvalue weighted by Gasteiger charge is 2.18. The molecule has 0 spiro atoms. The second-order valence-electron chi connectivity index (χ2n) is 5.00. The topological polar surface area (TPSA) is 67.4 Å². The first-order valence-electron chi connectivity index (χ1n) is 7.31. The Labute approximate surface area is 128 Å². The minimum absolute atomic E-state index is 0.154. The van der Waals surface area contributed by atoms with Crippen molar-refractivity contribution in [1.82, 2.24) is 10.0 Å². The fourth-order valence-corrected chi connectivity index (χ4v) is 3.45. The predicted octanol–water partition coefficient (Wildman–Crippen LogP) is 2.06. The van der Waals surface area contributed by atoms with Crippen molar-refractivity contribution in [2.45, 2.75) is 44.2 Å². The first-order chi connectivity index (χ1) is 9.94. The molecule has 0 bridgehead atoms. The van der Waals surface area contributed by atoms with Crippen molar-refractivity contribution in [2.75, 3.05) is 20.3 Å². The summed E-state index contributed by atoms with van der Waals surface area (Å²) in [6, 6.07) is 6.94. The molecule has 1 rings (SSSR count). The Kier molecular flexibility index (Phi) is 7.31. The van der Waals surface area contributed by atoms with Crippen LogP contribution in [-0.2, 0) is 14.8 Å². The van der Waals surface area contributed by atoms with Crippen LogP contribution < -0.4 is 10.0 Å². The summed E-state index contributed by atoms with van der Waals surface area (Å²) in [5.74, 6) is 0. The lowest BCUT2D eigenvalue weighted by atomic mass is 10.1. The average molecular weight is 314 g/mol. The van der Waals surface area contributed by atoms with E-state index >= 15 is 0 Å². The van der Waals surface area contributed by atoms with E-state index in [1.807, 2.05) is 20.0 Å². The highest BCUT2D eigenvalue weighted by molar-refractivity contribution is 7.89. The maximum atomic E-state index is 12.4. The fraction of sp³-hybridized carbons (Fsp3) is 0.600. The lowest BCUT2D eigenvalue weighted by Crippen LogP contribution is -2.36. The van der Waals surface area contributed by atoms with Gasteiger partial charge in [-0.3, -0.25) is 0 Å². The molecule has 2 N–H and O–H groups in total. The zero-order chi connectivity index (χ0) is 15.9. The second-order valence-corrected chi connectivity index (χ2v) is 6.72. The van der Waals surface area contributed by atoms with Gasteiger partial charge in [-0.15, -0.1) is 0 Å². The molecule has 1 aromatic carbocycles. The Hall–Kier alpha value is -0.950. The Bertz CT molecular complexity index is 527. The lowest BCUT2D eigenvalue weighted by molar-refractivity contribution is 0.133. The van der Waals surface area contributed by atoms with E-state index in [4.69, 9.17) is 4.74 Å². The molecule has 0 fully saturated rings. The number of sulfonamides is 1. The number of nitrogens with one attached hydrogen (secondary N) is 2. The quantitative estimate of drug-likeness (QED) is 0.732. The standard InChI is InChI=1S/C15H26N2O3S/c1-5-15(16-4)13-8-7-9-14(10-13)21(18,19)17-12(3)11-20-6-2/h7-10,12,15-17H,5-6,11H2,1-4H3. The van der Waals surface area contributed by atoms with Crippen LogP contribution in [0.4, 0.5) is 0 Å². The van der Waals surface area contributed by atoms with E-state index in [0.717, 1.165) is 12.0 Å². The number of hydrogen-bond acceptors (Lipinski definition) is 4. The first-order valence-corrected chi connectivity index (χ1v) is 8.80. The molecule has 2 unspecified atom stereocenters. The van der Waals surface area contributed by atoms with Gasteiger partial charge >= 0.3 is 0 Å². The molecule has 0 aliphatic rings. The third-order valence-electron chi connectivity index (χ3n) is 3.26. The summed E-state index contributed by atoms with van der Waals surface area (Å²) in [5, 5.41) is 3.18. The van der Waals surface area contributed by atoms with E-state index in [-0.39, 0.29) is 17.0 Å². The Morgan fingerprint density at radius 2 is 2.00 bits per heavy atom. The molecule has 6 heteroatoms. The summed E-state index contributed by atoms with van der Waals surface area (Å²) in [7, 11) is -1.65. The SMILES string of the molecule is CCOCC(C)NS(=O)(=O)c1cccc(C(CC)NC)c1. The van der Waals surface area contributed by atoms with Gasteiger partial charge in [0.05, 0.1) is 11.5 Å². The molecular formula is C15H26N2O3S. The first kappa shape index (κ1) is 18.1. The van der Waals surface area contributed by atoms with E-state index in [0.29, 0.717) is 13.2 Å². The van der Waals surface area contributed by atoms with Crippen molar-refractivity contribution in [3.8, 4) is 0 Å². The largest absolute Gasteiger partial charge is 0.380 e. The van der Waals surface area contributed by atoms with Crippen LogP contribution in [0.25, 0.3) is 0 Å². The second kappa shape index (κ2) is 8.48. The van der Waals surface area contributed by atoms with Crippen molar-refractivity contribution in [3.05, 3.63) is 29.8 Å². The van der Waals surface area contributed by atoms with Gasteiger partial charge in [0.25, 0.3) is 0 Å². The minimum Gasteiger partial charge on any atom is -0.380 e. The molecule has 0 heterocycles. The van der Waals surface area contributed by atoms with Gasteiger partial charge in [-0.1, -0.05) is 19.1 Å². The molecule has 0 saturated carbocycles. The molecule has 0 aliphatic carbocycles. The van der Waals surface area contributed by atoms with Gasteiger partial charge < -0.3 is 10.1 Å². The van der Waals surface area contributed by atoms with E-state index in [9.17, 15) is 8.42 Å². The smallest absolute Gasteiger partial charge is 0.240 e. The Balaban J connectivity index is 2.90. The number of ether oxygens (including phenoxy) is 1. The maximum absolute atomic E-state index is 12.4. The molecule has 120 valence electrons. The summed E-state index contributed by atoms with van der Waals surface area (Å²) in [5.41, 5.74) is 0.973. The molecule has 0 aromatic heterocycles. The molecule has 5 nitrogen and oxygen atoms in total. The minimum atomic E-state index is -3.52. The normalized spacial score (nSPS) is 14.9. The molecule has 21 heavy (non-hydrogen) atoms. The van der Waals surface area contributed by atoms with Crippen LogP contribution in [0.15, 0.2) is 29.2 Å². The van der Waals surface area contributed by atoms with E-state index in [2.05, 4.69) is 17.0 Å². The lowest BCUT2D eigenvalue weighted by Gasteiger charge is -2.17. The van der Waals surface area contributed by atoms with Crippen LogP contribution in [0, 0.1) is 0 Å². The molecule has 0 saturated heterocycles. The van der Waals surface area contributed by atoms with Crippen molar-refractivity contribution in [2.24, 2.45) is 0 Å². The van der Waals surface area contributed by atoms with Crippen molar-refractivity contribution in [1.29, 1.82) is 0 Å². The van der Waals surface area contributed by atoms with Crippen molar-refractivity contribution < 1.29 is 13.2 Å². The van der Waals surface area contributed by atoms with Crippen LogP contribution in [0.3, 0.4) is 0 Å². The van der Waals surface area contributed by atoms with Crippen LogP contribution in [-0.4, -0.2) is 34.7 Å². The highest BCUT2D eigenvalue weighted by Crippen LogP contribution is 2.20. The summed E-state index contributed by atoms with van der Waals surface area (Å²) in [6.07, 6.45) is 0.897. The summed E-state index contributed by atoms with van der Waals surface area (Å²) >= 11 is 0. The maximum Gasteiger partial charge on any atom is 0.240 e. The number of benzene rings is 1. The van der Waals surface area contributed by atoms with Crippen LogP contribution >= 0.6 is 0 Å². The third-order valence-corrected chi connectivity index (χ3v) is 4.84. The summed E-state index contributed by atoms with van der Waals surface area (Å²) < 4.78 is 32.6. The van der Waals surface area contributed by atoms with Crippen LogP contribution in [0.5, 0.6) is 0 Å². The van der Waals surface area contributed by atoms with Gasteiger partial charge in [0.2, 0.25) is 10.0 Å². The van der Waals surface area contributed by atoms with E-state index in [1.165, 1.54) is 0 Å². The van der Waals surface area contributed by atoms with Crippen molar-refractivity contribution >= 4 is 10.0 Å². The number of rotatable bonds is 9.